The van der Waals surface area contributed by atoms with Gasteiger partial charge in [0.25, 0.3) is 5.91 Å². The Bertz CT molecular complexity index is 746. The molecule has 1 amide bonds. The second kappa shape index (κ2) is 8.58. The number of carbonyl (C=O) groups is 1. The number of carbonyl (C=O) groups excluding carboxylic acids is 1. The molecule has 2 rings (SSSR count). The second-order valence-electron chi connectivity index (χ2n) is 5.98. The Hall–Kier alpha value is -2.46. The molecule has 0 fully saturated rings. The second-order valence-corrected chi connectivity index (χ2v) is 6.36. The maximum Gasteiger partial charge on any atom is 0.262 e. The van der Waals surface area contributed by atoms with Gasteiger partial charge in [-0.25, -0.2) is 0 Å². The zero-order chi connectivity index (χ0) is 18.4. The maximum absolute atomic E-state index is 12.0. The number of aryl methyl sites for hydroxylation is 2. The summed E-state index contributed by atoms with van der Waals surface area (Å²) in [6.45, 7) is 9.89. The molecule has 132 valence electrons. The molecule has 25 heavy (non-hydrogen) atoms. The lowest BCUT2D eigenvalue weighted by atomic mass is 10.1. The van der Waals surface area contributed by atoms with Gasteiger partial charge in [-0.1, -0.05) is 18.2 Å². The molecule has 0 heterocycles. The minimum absolute atomic E-state index is 0.0750. The topological polar surface area (TPSA) is 47.6 Å². The molecule has 1 N–H and O–H groups in total. The predicted octanol–water partition coefficient (Wildman–Crippen LogP) is 4.93. The van der Waals surface area contributed by atoms with E-state index in [9.17, 15) is 4.79 Å². The Kier molecular flexibility index (Phi) is 6.48. The molecule has 2 aromatic rings. The van der Waals surface area contributed by atoms with Gasteiger partial charge in [0, 0.05) is 10.7 Å². The Labute approximate surface area is 153 Å². The molecule has 0 unspecified atom stereocenters. The zero-order valence-electron chi connectivity index (χ0n) is 14.7. The minimum atomic E-state index is -0.235. The van der Waals surface area contributed by atoms with E-state index in [-0.39, 0.29) is 12.5 Å². The maximum atomic E-state index is 12.0. The number of benzene rings is 2. The van der Waals surface area contributed by atoms with Crippen LogP contribution >= 0.6 is 11.6 Å². The van der Waals surface area contributed by atoms with Crippen LogP contribution in [0.5, 0.6) is 11.5 Å². The van der Waals surface area contributed by atoms with Crippen LogP contribution in [0.25, 0.3) is 0 Å². The van der Waals surface area contributed by atoms with Crippen LogP contribution in [0.2, 0.25) is 5.02 Å². The van der Waals surface area contributed by atoms with Crippen LogP contribution in [0, 0.1) is 13.8 Å². The van der Waals surface area contributed by atoms with E-state index in [1.807, 2.05) is 32.9 Å². The van der Waals surface area contributed by atoms with Crippen molar-refractivity contribution in [2.75, 3.05) is 18.5 Å². The van der Waals surface area contributed by atoms with Gasteiger partial charge in [-0.2, -0.15) is 0 Å². The minimum Gasteiger partial charge on any atom is -0.489 e. The molecule has 0 atom stereocenters. The van der Waals surface area contributed by atoms with Crippen LogP contribution in [-0.4, -0.2) is 19.1 Å². The van der Waals surface area contributed by atoms with Gasteiger partial charge in [-0.3, -0.25) is 4.79 Å². The van der Waals surface area contributed by atoms with E-state index < -0.39 is 0 Å². The van der Waals surface area contributed by atoms with Crippen LogP contribution in [0.3, 0.4) is 0 Å². The van der Waals surface area contributed by atoms with Crippen molar-refractivity contribution in [3.05, 3.63) is 64.7 Å². The molecule has 0 spiro atoms. The Morgan fingerprint density at radius 2 is 1.60 bits per heavy atom. The third kappa shape index (κ3) is 5.84. The van der Waals surface area contributed by atoms with Gasteiger partial charge in [0.15, 0.2) is 6.61 Å². The van der Waals surface area contributed by atoms with E-state index in [0.29, 0.717) is 23.1 Å². The highest BCUT2D eigenvalue weighted by atomic mass is 35.5. The SMILES string of the molecule is C=C(C)COc1ccc(NC(=O)COc2cc(C)c(Cl)c(C)c2)cc1. The first-order chi connectivity index (χ1) is 11.8. The molecule has 0 bridgehead atoms. The van der Waals surface area contributed by atoms with Crippen LogP contribution in [0.15, 0.2) is 48.6 Å². The highest BCUT2D eigenvalue weighted by molar-refractivity contribution is 6.32. The lowest BCUT2D eigenvalue weighted by molar-refractivity contribution is -0.118. The largest absolute Gasteiger partial charge is 0.489 e. The number of halogens is 1. The Morgan fingerprint density at radius 3 is 2.16 bits per heavy atom. The van der Waals surface area contributed by atoms with Gasteiger partial charge in [-0.15, -0.1) is 0 Å². The molecule has 0 saturated heterocycles. The Morgan fingerprint density at radius 1 is 1.04 bits per heavy atom. The predicted molar refractivity (Wildman–Crippen MR) is 102 cm³/mol. The fraction of sp³-hybridized carbons (Fsp3) is 0.250. The van der Waals surface area contributed by atoms with Crippen LogP contribution in [0.1, 0.15) is 18.1 Å². The summed E-state index contributed by atoms with van der Waals surface area (Å²) in [5.74, 6) is 1.11. The van der Waals surface area contributed by atoms with Crippen molar-refractivity contribution in [1.82, 2.24) is 0 Å². The van der Waals surface area contributed by atoms with Crippen molar-refractivity contribution in [1.29, 1.82) is 0 Å². The smallest absolute Gasteiger partial charge is 0.262 e. The highest BCUT2D eigenvalue weighted by Crippen LogP contribution is 2.25. The van der Waals surface area contributed by atoms with Gasteiger partial charge in [0.05, 0.1) is 0 Å². The fourth-order valence-electron chi connectivity index (χ4n) is 2.18. The molecule has 0 radical (unpaired) electrons. The number of rotatable bonds is 7. The fourth-order valence-corrected chi connectivity index (χ4v) is 2.29. The first-order valence-electron chi connectivity index (χ1n) is 7.92. The number of nitrogens with one attached hydrogen (secondary N) is 1. The zero-order valence-corrected chi connectivity index (χ0v) is 15.4. The lowest BCUT2D eigenvalue weighted by Gasteiger charge is -2.11. The summed E-state index contributed by atoms with van der Waals surface area (Å²) < 4.78 is 11.1. The summed E-state index contributed by atoms with van der Waals surface area (Å²) in [6.07, 6.45) is 0. The standard InChI is InChI=1S/C20H22ClNO3/c1-13(2)11-24-17-7-5-16(6-8-17)22-19(23)12-25-18-9-14(3)20(21)15(4)10-18/h5-10H,1,11-12H2,2-4H3,(H,22,23). The van der Waals surface area contributed by atoms with Crippen molar-refractivity contribution in [2.24, 2.45) is 0 Å². The molecular weight excluding hydrogens is 338 g/mol. The monoisotopic (exact) mass is 359 g/mol. The van der Waals surface area contributed by atoms with Gasteiger partial charge in [0.1, 0.15) is 18.1 Å². The Balaban J connectivity index is 1.87. The third-order valence-corrected chi connectivity index (χ3v) is 4.00. The van der Waals surface area contributed by atoms with E-state index in [2.05, 4.69) is 11.9 Å². The summed E-state index contributed by atoms with van der Waals surface area (Å²) in [5, 5.41) is 3.50. The number of amides is 1. The van der Waals surface area contributed by atoms with Gasteiger partial charge >= 0.3 is 0 Å². The molecule has 5 heteroatoms. The summed E-state index contributed by atoms with van der Waals surface area (Å²) in [6, 6.07) is 10.8. The average Bonchev–Trinajstić information content (AvgIpc) is 2.57. The van der Waals surface area contributed by atoms with Gasteiger partial charge in [-0.05, 0) is 73.9 Å². The number of hydrogen-bond donors (Lipinski definition) is 1. The molecule has 0 saturated carbocycles. The van der Waals surface area contributed by atoms with E-state index in [1.165, 1.54) is 0 Å². The van der Waals surface area contributed by atoms with Crippen molar-refractivity contribution < 1.29 is 14.3 Å². The molecular formula is C20H22ClNO3. The molecule has 0 aliphatic carbocycles. The third-order valence-electron chi connectivity index (χ3n) is 3.40. The average molecular weight is 360 g/mol. The lowest BCUT2D eigenvalue weighted by Crippen LogP contribution is -2.20. The molecule has 2 aromatic carbocycles. The highest BCUT2D eigenvalue weighted by Gasteiger charge is 2.07. The van der Waals surface area contributed by atoms with Gasteiger partial charge in [0.2, 0.25) is 0 Å². The summed E-state index contributed by atoms with van der Waals surface area (Å²) >= 11 is 6.12. The molecule has 4 nitrogen and oxygen atoms in total. The summed E-state index contributed by atoms with van der Waals surface area (Å²) in [5.41, 5.74) is 3.46. The first-order valence-corrected chi connectivity index (χ1v) is 8.29. The quantitative estimate of drug-likeness (QED) is 0.713. The van der Waals surface area contributed by atoms with E-state index in [0.717, 1.165) is 22.4 Å². The number of anilines is 1. The van der Waals surface area contributed by atoms with Crippen LogP contribution in [0.4, 0.5) is 5.69 Å². The molecule has 0 aromatic heterocycles. The number of ether oxygens (including phenoxy) is 2. The van der Waals surface area contributed by atoms with Crippen molar-refractivity contribution >= 4 is 23.2 Å². The van der Waals surface area contributed by atoms with Crippen LogP contribution in [-0.2, 0) is 4.79 Å². The van der Waals surface area contributed by atoms with E-state index in [1.54, 1.807) is 24.3 Å². The first kappa shape index (κ1) is 18.9. The molecule has 0 aliphatic heterocycles. The number of hydrogen-bond acceptors (Lipinski definition) is 3. The van der Waals surface area contributed by atoms with Crippen molar-refractivity contribution in [2.45, 2.75) is 20.8 Å². The van der Waals surface area contributed by atoms with E-state index in [4.69, 9.17) is 21.1 Å². The van der Waals surface area contributed by atoms with E-state index >= 15 is 0 Å². The van der Waals surface area contributed by atoms with Crippen LogP contribution < -0.4 is 14.8 Å². The summed E-state index contributed by atoms with van der Waals surface area (Å²) in [4.78, 5) is 12.0. The van der Waals surface area contributed by atoms with Crippen molar-refractivity contribution in [3.8, 4) is 11.5 Å². The molecule has 0 aliphatic rings. The normalized spacial score (nSPS) is 10.2. The van der Waals surface area contributed by atoms with Gasteiger partial charge < -0.3 is 14.8 Å². The van der Waals surface area contributed by atoms with Crippen molar-refractivity contribution in [3.63, 3.8) is 0 Å². The summed E-state index contributed by atoms with van der Waals surface area (Å²) in [7, 11) is 0.